The maximum atomic E-state index is 12.9. The molecular weight excluding hydrogens is 388 g/mol. The molecule has 4 heteroatoms. The molecule has 5 fully saturated rings. The average molecular weight is 417 g/mol. The third kappa shape index (κ3) is 3.10. The molecule has 0 aromatic heterocycles. The Morgan fingerprint density at radius 3 is 1.39 bits per heavy atom. The maximum Gasteiger partial charge on any atom is 0.338 e. The van der Waals surface area contributed by atoms with Gasteiger partial charge in [-0.05, 0) is 80.0 Å². The minimum atomic E-state index is -0.342. The van der Waals surface area contributed by atoms with E-state index in [0.717, 1.165) is 18.3 Å². The predicted molar refractivity (Wildman–Crippen MR) is 115 cm³/mol. The fourth-order valence-electron chi connectivity index (χ4n) is 7.48. The van der Waals surface area contributed by atoms with Crippen molar-refractivity contribution in [2.45, 2.75) is 44.3 Å². The summed E-state index contributed by atoms with van der Waals surface area (Å²) in [5, 5.41) is 0. The van der Waals surface area contributed by atoms with Gasteiger partial charge in [-0.2, -0.15) is 0 Å². The highest BCUT2D eigenvalue weighted by molar-refractivity contribution is 5.90. The molecule has 0 spiro atoms. The summed E-state index contributed by atoms with van der Waals surface area (Å²) in [5.74, 6) is 2.74. The van der Waals surface area contributed by atoms with E-state index >= 15 is 0 Å². The van der Waals surface area contributed by atoms with E-state index in [1.807, 2.05) is 36.4 Å². The van der Waals surface area contributed by atoms with Gasteiger partial charge in [0.2, 0.25) is 0 Å². The third-order valence-corrected chi connectivity index (χ3v) is 8.56. The highest BCUT2D eigenvalue weighted by Gasteiger charge is 2.66. The molecule has 4 nitrogen and oxygen atoms in total. The Morgan fingerprint density at radius 2 is 1.00 bits per heavy atom. The van der Waals surface area contributed by atoms with Crippen molar-refractivity contribution in [2.75, 3.05) is 0 Å². The van der Waals surface area contributed by atoms with Crippen LogP contribution in [0.5, 0.6) is 0 Å². The molecule has 5 saturated carbocycles. The summed E-state index contributed by atoms with van der Waals surface area (Å²) in [6, 6.07) is 18.3. The summed E-state index contributed by atoms with van der Waals surface area (Å²) in [6.07, 6.45) is 5.57. The quantitative estimate of drug-likeness (QED) is 0.648. The van der Waals surface area contributed by atoms with Crippen LogP contribution < -0.4 is 0 Å². The highest BCUT2D eigenvalue weighted by atomic mass is 16.6. The molecule has 0 heterocycles. The van der Waals surface area contributed by atoms with Crippen molar-refractivity contribution in [1.82, 2.24) is 0 Å². The van der Waals surface area contributed by atoms with Crippen molar-refractivity contribution in [1.29, 1.82) is 0 Å². The van der Waals surface area contributed by atoms with Gasteiger partial charge in [0.25, 0.3) is 0 Å². The first-order valence-electron chi connectivity index (χ1n) is 11.7. The van der Waals surface area contributed by atoms with Gasteiger partial charge in [-0.15, -0.1) is 0 Å². The summed E-state index contributed by atoms with van der Waals surface area (Å²) in [4.78, 5) is 25.9. The first-order chi connectivity index (χ1) is 15.2. The molecule has 31 heavy (non-hydrogen) atoms. The number of hydrogen-bond acceptors (Lipinski definition) is 4. The lowest BCUT2D eigenvalue weighted by molar-refractivity contribution is -0.123. The van der Waals surface area contributed by atoms with Crippen LogP contribution in [0.2, 0.25) is 0 Å². The second kappa shape index (κ2) is 7.51. The zero-order valence-electron chi connectivity index (χ0n) is 17.6. The van der Waals surface area contributed by atoms with Crippen molar-refractivity contribution >= 4 is 11.9 Å². The Balaban J connectivity index is 1.29. The molecule has 0 N–H and O–H groups in total. The predicted octanol–water partition coefficient (Wildman–Crippen LogP) is 5.14. The average Bonchev–Trinajstić information content (AvgIpc) is 3.40. The van der Waals surface area contributed by atoms with Gasteiger partial charge in [-0.1, -0.05) is 36.4 Å². The number of rotatable bonds is 4. The second-order valence-corrected chi connectivity index (χ2v) is 9.86. The maximum absolute atomic E-state index is 12.9. The Hall–Kier alpha value is -2.62. The zero-order chi connectivity index (χ0) is 20.9. The second-order valence-electron chi connectivity index (χ2n) is 9.86. The first-order valence-corrected chi connectivity index (χ1v) is 11.7. The van der Waals surface area contributed by atoms with E-state index in [1.165, 1.54) is 25.7 Å². The van der Waals surface area contributed by atoms with Crippen molar-refractivity contribution in [3.8, 4) is 0 Å². The number of fused-ring (bicyclic) bond motifs is 4. The molecule has 0 radical (unpaired) electrons. The summed E-state index contributed by atoms with van der Waals surface area (Å²) in [7, 11) is 0. The summed E-state index contributed by atoms with van der Waals surface area (Å²) >= 11 is 0. The Kier molecular flexibility index (Phi) is 4.62. The fraction of sp³-hybridized carbons (Fsp3) is 0.481. The molecular formula is C27H28O4. The third-order valence-electron chi connectivity index (χ3n) is 8.56. The Morgan fingerprint density at radius 1 is 0.613 bits per heavy atom. The zero-order valence-corrected chi connectivity index (χ0v) is 17.6. The van der Waals surface area contributed by atoms with E-state index in [-0.39, 0.29) is 24.1 Å². The van der Waals surface area contributed by atoms with E-state index in [1.54, 1.807) is 24.3 Å². The monoisotopic (exact) mass is 416 g/mol. The SMILES string of the molecule is O=C(OC1C(OC(=O)c2ccccc2)C2CC1C1C2[C@H]2CC[C@@H]1CC2)c1ccccc1. The summed E-state index contributed by atoms with van der Waals surface area (Å²) in [6.45, 7) is 0. The minimum absolute atomic E-state index is 0.309. The van der Waals surface area contributed by atoms with Crippen LogP contribution in [0.4, 0.5) is 0 Å². The topological polar surface area (TPSA) is 52.6 Å². The molecule has 5 aliphatic rings. The van der Waals surface area contributed by atoms with Gasteiger partial charge in [0, 0.05) is 11.8 Å². The van der Waals surface area contributed by atoms with Crippen molar-refractivity contribution in [3.05, 3.63) is 71.8 Å². The number of carbonyl (C=O) groups is 2. The van der Waals surface area contributed by atoms with E-state index in [9.17, 15) is 9.59 Å². The van der Waals surface area contributed by atoms with Crippen LogP contribution in [-0.2, 0) is 9.47 Å². The normalized spacial score (nSPS) is 37.3. The number of esters is 2. The lowest BCUT2D eigenvalue weighted by atomic mass is 9.54. The molecule has 7 rings (SSSR count). The van der Waals surface area contributed by atoms with Gasteiger partial charge in [-0.25, -0.2) is 9.59 Å². The molecule has 5 aliphatic carbocycles. The van der Waals surface area contributed by atoms with Crippen molar-refractivity contribution in [2.24, 2.45) is 35.5 Å². The van der Waals surface area contributed by atoms with Gasteiger partial charge in [0.1, 0.15) is 12.2 Å². The van der Waals surface area contributed by atoms with E-state index in [0.29, 0.717) is 34.8 Å². The molecule has 0 aliphatic heterocycles. The van der Waals surface area contributed by atoms with Gasteiger partial charge in [0.15, 0.2) is 0 Å². The van der Waals surface area contributed by atoms with Crippen LogP contribution in [-0.4, -0.2) is 24.1 Å². The van der Waals surface area contributed by atoms with Crippen LogP contribution in [0.25, 0.3) is 0 Å². The smallest absolute Gasteiger partial charge is 0.338 e. The molecule has 2 aromatic carbocycles. The molecule has 0 saturated heterocycles. The van der Waals surface area contributed by atoms with Crippen LogP contribution in [0, 0.1) is 35.5 Å². The van der Waals surface area contributed by atoms with Gasteiger partial charge in [0.05, 0.1) is 11.1 Å². The summed E-state index contributed by atoms with van der Waals surface area (Å²) in [5.41, 5.74) is 1.11. The van der Waals surface area contributed by atoms with Gasteiger partial charge < -0.3 is 9.47 Å². The molecule has 2 aromatic rings. The lowest BCUT2D eigenvalue weighted by Crippen LogP contribution is -2.53. The van der Waals surface area contributed by atoms with E-state index in [2.05, 4.69) is 0 Å². The van der Waals surface area contributed by atoms with Crippen LogP contribution in [0.15, 0.2) is 60.7 Å². The Bertz CT molecular complexity index is 884. The van der Waals surface area contributed by atoms with Crippen molar-refractivity contribution in [3.63, 3.8) is 0 Å². The molecule has 6 atom stereocenters. The highest BCUT2D eigenvalue weighted by Crippen LogP contribution is 2.66. The van der Waals surface area contributed by atoms with Crippen LogP contribution >= 0.6 is 0 Å². The minimum Gasteiger partial charge on any atom is -0.455 e. The number of benzene rings is 2. The largest absolute Gasteiger partial charge is 0.455 e. The van der Waals surface area contributed by atoms with Gasteiger partial charge in [-0.3, -0.25) is 0 Å². The Labute approximate surface area is 182 Å². The number of hydrogen-bond donors (Lipinski definition) is 0. The van der Waals surface area contributed by atoms with E-state index in [4.69, 9.17) is 9.47 Å². The van der Waals surface area contributed by atoms with Gasteiger partial charge >= 0.3 is 11.9 Å². The first kappa shape index (κ1) is 19.1. The fourth-order valence-corrected chi connectivity index (χ4v) is 7.48. The summed E-state index contributed by atoms with van der Waals surface area (Å²) < 4.78 is 12.2. The standard InChI is InChI=1S/C27H28O4/c28-26(18-7-3-1-4-8-18)30-24-20-15-21(23-17-13-11-16(12-14-17)22(20)23)25(24)31-27(29)19-9-5-2-6-10-19/h1-10,16-17,20-25H,11-15H2/t16-,17+,20?,21?,22?,23?,24?,25?. The van der Waals surface area contributed by atoms with Crippen LogP contribution in [0.1, 0.15) is 52.8 Å². The lowest BCUT2D eigenvalue weighted by Gasteiger charge is -2.53. The molecule has 0 amide bonds. The molecule has 6 unspecified atom stereocenters. The van der Waals surface area contributed by atoms with Crippen LogP contribution in [0.3, 0.4) is 0 Å². The molecule has 4 bridgehead atoms. The number of ether oxygens (including phenoxy) is 2. The molecule has 160 valence electrons. The van der Waals surface area contributed by atoms with Crippen molar-refractivity contribution < 1.29 is 19.1 Å². The van der Waals surface area contributed by atoms with E-state index < -0.39 is 0 Å². The number of carbonyl (C=O) groups excluding carboxylic acids is 2.